The Morgan fingerprint density at radius 1 is 1.21 bits per heavy atom. The lowest BCUT2D eigenvalue weighted by Gasteiger charge is -2.08. The summed E-state index contributed by atoms with van der Waals surface area (Å²) in [4.78, 5) is 15.9. The highest BCUT2D eigenvalue weighted by atomic mass is 32.2. The Kier molecular flexibility index (Phi) is 6.42. The van der Waals surface area contributed by atoms with E-state index in [1.165, 1.54) is 24.3 Å². The average molecular weight is 349 g/mol. The minimum absolute atomic E-state index is 0.0971. The lowest BCUT2D eigenvalue weighted by atomic mass is 10.2. The second kappa shape index (κ2) is 8.53. The average Bonchev–Trinajstić information content (AvgIpc) is 2.61. The van der Waals surface area contributed by atoms with E-state index in [9.17, 15) is 13.2 Å². The number of nitrogens with zero attached hydrogens (tertiary/aromatic N) is 1. The Morgan fingerprint density at radius 3 is 2.58 bits per heavy atom. The number of amides is 1. The molecule has 0 bridgehead atoms. The van der Waals surface area contributed by atoms with E-state index in [-0.39, 0.29) is 17.3 Å². The van der Waals surface area contributed by atoms with Crippen molar-refractivity contribution in [2.75, 3.05) is 20.3 Å². The number of rotatable bonds is 8. The molecule has 0 unspecified atom stereocenters. The maximum absolute atomic E-state index is 12.2. The first kappa shape index (κ1) is 18.1. The van der Waals surface area contributed by atoms with Crippen LogP contribution in [0.1, 0.15) is 15.9 Å². The van der Waals surface area contributed by atoms with Gasteiger partial charge in [0.05, 0.1) is 11.5 Å². The SMILES string of the molecule is COCCNC(=O)c1ccc(S(=O)(=O)NCc2cccnc2)cc1. The van der Waals surface area contributed by atoms with Crippen LogP contribution in [0.25, 0.3) is 0 Å². The fourth-order valence-electron chi connectivity index (χ4n) is 1.92. The van der Waals surface area contributed by atoms with Gasteiger partial charge in [0, 0.05) is 38.2 Å². The van der Waals surface area contributed by atoms with Crippen LogP contribution in [0.2, 0.25) is 0 Å². The largest absolute Gasteiger partial charge is 0.383 e. The molecule has 0 atom stereocenters. The summed E-state index contributed by atoms with van der Waals surface area (Å²) in [6.45, 7) is 0.952. The molecule has 0 radical (unpaired) electrons. The van der Waals surface area contributed by atoms with Crippen LogP contribution in [0.5, 0.6) is 0 Å². The molecule has 1 aromatic heterocycles. The number of methoxy groups -OCH3 is 1. The van der Waals surface area contributed by atoms with Gasteiger partial charge in [0.2, 0.25) is 10.0 Å². The molecule has 0 aliphatic carbocycles. The van der Waals surface area contributed by atoms with E-state index >= 15 is 0 Å². The smallest absolute Gasteiger partial charge is 0.251 e. The van der Waals surface area contributed by atoms with Crippen molar-refractivity contribution in [3.8, 4) is 0 Å². The Labute approximate surface area is 141 Å². The number of hydrogen-bond donors (Lipinski definition) is 2. The molecule has 8 heteroatoms. The molecule has 0 aliphatic rings. The molecular weight excluding hydrogens is 330 g/mol. The Bertz CT molecular complexity index is 762. The van der Waals surface area contributed by atoms with Crippen LogP contribution in [0.4, 0.5) is 0 Å². The quantitative estimate of drug-likeness (QED) is 0.691. The molecule has 0 aliphatic heterocycles. The number of ether oxygens (including phenoxy) is 1. The first-order chi connectivity index (χ1) is 11.5. The van der Waals surface area contributed by atoms with Gasteiger partial charge >= 0.3 is 0 Å². The summed E-state index contributed by atoms with van der Waals surface area (Å²) in [6, 6.07) is 9.26. The lowest BCUT2D eigenvalue weighted by Crippen LogP contribution is -2.27. The molecule has 0 saturated carbocycles. The molecular formula is C16H19N3O4S. The van der Waals surface area contributed by atoms with E-state index in [0.717, 1.165) is 5.56 Å². The molecule has 1 heterocycles. The number of hydrogen-bond acceptors (Lipinski definition) is 5. The zero-order valence-electron chi connectivity index (χ0n) is 13.2. The summed E-state index contributed by atoms with van der Waals surface area (Å²) in [5.41, 5.74) is 1.15. The number of pyridine rings is 1. The van der Waals surface area contributed by atoms with Crippen LogP contribution in [0, 0.1) is 0 Å². The van der Waals surface area contributed by atoms with Crippen molar-refractivity contribution < 1.29 is 17.9 Å². The molecule has 2 aromatic rings. The van der Waals surface area contributed by atoms with Gasteiger partial charge in [-0.3, -0.25) is 9.78 Å². The molecule has 2 N–H and O–H groups in total. The second-order valence-corrected chi connectivity index (χ2v) is 6.73. The number of carbonyl (C=O) groups is 1. The third-order valence-corrected chi connectivity index (χ3v) is 4.62. The van der Waals surface area contributed by atoms with Crippen molar-refractivity contribution in [2.45, 2.75) is 11.4 Å². The molecule has 0 fully saturated rings. The number of nitrogens with one attached hydrogen (secondary N) is 2. The molecule has 1 aromatic carbocycles. The summed E-state index contributed by atoms with van der Waals surface area (Å²) in [7, 11) is -2.11. The van der Waals surface area contributed by atoms with E-state index in [0.29, 0.717) is 18.7 Å². The summed E-state index contributed by atoms with van der Waals surface area (Å²) in [5, 5.41) is 2.67. The van der Waals surface area contributed by atoms with Crippen molar-refractivity contribution in [1.82, 2.24) is 15.0 Å². The van der Waals surface area contributed by atoms with Gasteiger partial charge < -0.3 is 10.1 Å². The van der Waals surface area contributed by atoms with Crippen molar-refractivity contribution >= 4 is 15.9 Å². The zero-order valence-corrected chi connectivity index (χ0v) is 14.0. The molecule has 1 amide bonds. The van der Waals surface area contributed by atoms with Crippen LogP contribution in [0.15, 0.2) is 53.7 Å². The minimum Gasteiger partial charge on any atom is -0.383 e. The highest BCUT2D eigenvalue weighted by Crippen LogP contribution is 2.11. The van der Waals surface area contributed by atoms with Gasteiger partial charge in [0.25, 0.3) is 5.91 Å². The number of sulfonamides is 1. The Morgan fingerprint density at radius 2 is 1.96 bits per heavy atom. The predicted octanol–water partition coefficient (Wildman–Crippen LogP) is 0.936. The molecule has 24 heavy (non-hydrogen) atoms. The first-order valence-corrected chi connectivity index (χ1v) is 8.77. The zero-order chi connectivity index (χ0) is 17.4. The maximum Gasteiger partial charge on any atom is 0.251 e. The van der Waals surface area contributed by atoms with Gasteiger partial charge in [0.1, 0.15) is 0 Å². The normalized spacial score (nSPS) is 11.2. The second-order valence-electron chi connectivity index (χ2n) is 4.96. The molecule has 7 nitrogen and oxygen atoms in total. The van der Waals surface area contributed by atoms with Gasteiger partial charge in [-0.05, 0) is 35.9 Å². The molecule has 0 spiro atoms. The molecule has 128 valence electrons. The monoisotopic (exact) mass is 349 g/mol. The fourth-order valence-corrected chi connectivity index (χ4v) is 2.94. The van der Waals surface area contributed by atoms with Crippen LogP contribution < -0.4 is 10.0 Å². The van der Waals surface area contributed by atoms with Crippen molar-refractivity contribution in [3.05, 3.63) is 59.9 Å². The van der Waals surface area contributed by atoms with Crippen molar-refractivity contribution in [2.24, 2.45) is 0 Å². The Hall–Kier alpha value is -2.29. The van der Waals surface area contributed by atoms with E-state index in [2.05, 4.69) is 15.0 Å². The van der Waals surface area contributed by atoms with Crippen molar-refractivity contribution in [3.63, 3.8) is 0 Å². The lowest BCUT2D eigenvalue weighted by molar-refractivity contribution is 0.0937. The van der Waals surface area contributed by atoms with E-state index in [1.54, 1.807) is 31.6 Å². The van der Waals surface area contributed by atoms with Gasteiger partial charge in [-0.2, -0.15) is 0 Å². The summed E-state index contributed by atoms with van der Waals surface area (Å²) < 4.78 is 31.8. The number of aromatic nitrogens is 1. The van der Waals surface area contributed by atoms with Crippen LogP contribution in [0.3, 0.4) is 0 Å². The van der Waals surface area contributed by atoms with E-state index in [4.69, 9.17) is 4.74 Å². The standard InChI is InChI=1S/C16H19N3O4S/c1-23-10-9-18-16(20)14-4-6-15(7-5-14)24(21,22)19-12-13-3-2-8-17-11-13/h2-8,11,19H,9-10,12H2,1H3,(H,18,20). The van der Waals surface area contributed by atoms with Gasteiger partial charge in [-0.15, -0.1) is 0 Å². The Balaban J connectivity index is 1.99. The van der Waals surface area contributed by atoms with E-state index in [1.807, 2.05) is 0 Å². The fraction of sp³-hybridized carbons (Fsp3) is 0.250. The summed E-state index contributed by atoms with van der Waals surface area (Å²) in [5.74, 6) is -0.278. The maximum atomic E-state index is 12.2. The molecule has 0 saturated heterocycles. The minimum atomic E-state index is -3.65. The van der Waals surface area contributed by atoms with E-state index < -0.39 is 10.0 Å². The van der Waals surface area contributed by atoms with Gasteiger partial charge in [-0.25, -0.2) is 13.1 Å². The number of benzene rings is 1. The number of carbonyl (C=O) groups excluding carboxylic acids is 1. The van der Waals surface area contributed by atoms with Crippen LogP contribution in [-0.2, 0) is 21.3 Å². The third-order valence-electron chi connectivity index (χ3n) is 3.21. The van der Waals surface area contributed by atoms with Gasteiger partial charge in [-0.1, -0.05) is 6.07 Å². The molecule has 2 rings (SSSR count). The van der Waals surface area contributed by atoms with Crippen LogP contribution >= 0.6 is 0 Å². The highest BCUT2D eigenvalue weighted by Gasteiger charge is 2.14. The van der Waals surface area contributed by atoms with Gasteiger partial charge in [0.15, 0.2) is 0 Å². The van der Waals surface area contributed by atoms with Crippen LogP contribution in [-0.4, -0.2) is 39.6 Å². The predicted molar refractivity (Wildman–Crippen MR) is 88.9 cm³/mol. The topological polar surface area (TPSA) is 97.4 Å². The summed E-state index contributed by atoms with van der Waals surface area (Å²) >= 11 is 0. The van der Waals surface area contributed by atoms with Crippen molar-refractivity contribution in [1.29, 1.82) is 0 Å². The third kappa shape index (κ3) is 5.12. The highest BCUT2D eigenvalue weighted by molar-refractivity contribution is 7.89. The first-order valence-electron chi connectivity index (χ1n) is 7.29. The summed E-state index contributed by atoms with van der Waals surface area (Å²) in [6.07, 6.45) is 3.21.